The van der Waals surface area contributed by atoms with Gasteiger partial charge in [-0.1, -0.05) is 42.1 Å². The normalized spacial score (nSPS) is 15.7. The first-order chi connectivity index (χ1) is 15.7. The number of aryl methyl sites for hydroxylation is 1. The van der Waals surface area contributed by atoms with Crippen LogP contribution in [0, 0.1) is 5.82 Å². The Morgan fingerprint density at radius 1 is 1.16 bits per heavy atom. The van der Waals surface area contributed by atoms with Crippen molar-refractivity contribution in [2.45, 2.75) is 43.5 Å². The molecule has 4 rings (SSSR count). The molecular formula is C24H27FN4O2S. The van der Waals surface area contributed by atoms with Crippen LogP contribution in [0.3, 0.4) is 0 Å². The molecule has 6 nitrogen and oxygen atoms in total. The van der Waals surface area contributed by atoms with E-state index in [9.17, 15) is 9.18 Å². The van der Waals surface area contributed by atoms with Gasteiger partial charge in [0.05, 0.1) is 18.4 Å². The molecular weight excluding hydrogens is 427 g/mol. The third-order valence-corrected chi connectivity index (χ3v) is 6.34. The topological polar surface area (TPSA) is 69.0 Å². The number of hydrogen-bond acceptors (Lipinski definition) is 5. The molecule has 0 bridgehead atoms. The molecule has 32 heavy (non-hydrogen) atoms. The Balaban J connectivity index is 1.34. The number of hydrogen-bond donors (Lipinski definition) is 1. The number of carbonyl (C=O) groups is 1. The standard InChI is InChI=1S/C24H27FN4O2S/c25-20-12-10-19(11-13-20)23-27-28-24(29(23)16-21-9-5-15-31-21)32-17-22(30)26-14-4-8-18-6-2-1-3-7-18/h1-3,6-7,10-13,21H,4-5,8-9,14-17H2,(H,26,30). The molecule has 1 amide bonds. The Morgan fingerprint density at radius 2 is 1.97 bits per heavy atom. The second-order valence-corrected chi connectivity index (χ2v) is 8.73. The number of nitrogens with one attached hydrogen (secondary N) is 1. The van der Waals surface area contributed by atoms with Crippen molar-refractivity contribution in [3.05, 3.63) is 66.0 Å². The van der Waals surface area contributed by atoms with E-state index in [1.165, 1.54) is 29.5 Å². The minimum absolute atomic E-state index is 0.0296. The predicted octanol–water partition coefficient (Wildman–Crippen LogP) is 4.10. The summed E-state index contributed by atoms with van der Waals surface area (Å²) in [5.74, 6) is 0.597. The van der Waals surface area contributed by atoms with E-state index in [4.69, 9.17) is 4.74 Å². The lowest BCUT2D eigenvalue weighted by atomic mass is 10.1. The second-order valence-electron chi connectivity index (χ2n) is 7.79. The van der Waals surface area contributed by atoms with Gasteiger partial charge in [-0.2, -0.15) is 0 Å². The molecule has 3 aromatic rings. The van der Waals surface area contributed by atoms with Crippen molar-refractivity contribution in [1.29, 1.82) is 0 Å². The van der Waals surface area contributed by atoms with E-state index in [2.05, 4.69) is 27.6 Å². The van der Waals surface area contributed by atoms with Crippen molar-refractivity contribution < 1.29 is 13.9 Å². The summed E-state index contributed by atoms with van der Waals surface area (Å²) in [6, 6.07) is 16.5. The van der Waals surface area contributed by atoms with Crippen LogP contribution in [-0.2, 0) is 22.5 Å². The third kappa shape index (κ3) is 6.17. The van der Waals surface area contributed by atoms with E-state index in [1.807, 2.05) is 22.8 Å². The Morgan fingerprint density at radius 3 is 2.72 bits per heavy atom. The first-order valence-electron chi connectivity index (χ1n) is 10.9. The summed E-state index contributed by atoms with van der Waals surface area (Å²) < 4.78 is 21.1. The number of amides is 1. The third-order valence-electron chi connectivity index (χ3n) is 5.37. The lowest BCUT2D eigenvalue weighted by Gasteiger charge is -2.14. The molecule has 1 saturated heterocycles. The fourth-order valence-electron chi connectivity index (χ4n) is 3.71. The van der Waals surface area contributed by atoms with Gasteiger partial charge in [-0.3, -0.25) is 9.36 Å². The van der Waals surface area contributed by atoms with Crippen LogP contribution in [0.5, 0.6) is 0 Å². The average molecular weight is 455 g/mol. The Bertz CT molecular complexity index is 1000. The van der Waals surface area contributed by atoms with Crippen LogP contribution in [0.15, 0.2) is 59.8 Å². The Kier molecular flexibility index (Phi) is 7.90. The maximum atomic E-state index is 13.4. The van der Waals surface area contributed by atoms with Gasteiger partial charge in [0, 0.05) is 18.7 Å². The first-order valence-corrected chi connectivity index (χ1v) is 11.9. The van der Waals surface area contributed by atoms with Gasteiger partial charge >= 0.3 is 0 Å². The van der Waals surface area contributed by atoms with Gasteiger partial charge in [0.15, 0.2) is 11.0 Å². The number of aromatic nitrogens is 3. The largest absolute Gasteiger partial charge is 0.376 e. The van der Waals surface area contributed by atoms with E-state index in [-0.39, 0.29) is 23.6 Å². The second kappa shape index (κ2) is 11.2. The molecule has 1 atom stereocenters. The van der Waals surface area contributed by atoms with Crippen molar-refractivity contribution in [2.24, 2.45) is 0 Å². The summed E-state index contributed by atoms with van der Waals surface area (Å²) in [6.45, 7) is 2.00. The van der Waals surface area contributed by atoms with Gasteiger partial charge in [-0.05, 0) is 55.5 Å². The summed E-state index contributed by atoms with van der Waals surface area (Å²) in [6.07, 6.45) is 3.94. The number of benzene rings is 2. The molecule has 1 aromatic heterocycles. The summed E-state index contributed by atoms with van der Waals surface area (Å²) in [5, 5.41) is 12.3. The molecule has 0 radical (unpaired) electrons. The van der Waals surface area contributed by atoms with Crippen LogP contribution >= 0.6 is 11.8 Å². The maximum Gasteiger partial charge on any atom is 0.230 e. The molecule has 1 unspecified atom stereocenters. The summed E-state index contributed by atoms with van der Waals surface area (Å²) in [5.41, 5.74) is 2.06. The summed E-state index contributed by atoms with van der Waals surface area (Å²) in [4.78, 5) is 12.3. The van der Waals surface area contributed by atoms with Gasteiger partial charge < -0.3 is 10.1 Å². The number of nitrogens with zero attached hydrogens (tertiary/aromatic N) is 3. The van der Waals surface area contributed by atoms with Crippen molar-refractivity contribution in [3.63, 3.8) is 0 Å². The van der Waals surface area contributed by atoms with Crippen molar-refractivity contribution in [3.8, 4) is 11.4 Å². The van der Waals surface area contributed by atoms with E-state index in [0.29, 0.717) is 24.1 Å². The zero-order chi connectivity index (χ0) is 22.2. The molecule has 2 aromatic carbocycles. The number of rotatable bonds is 10. The summed E-state index contributed by atoms with van der Waals surface area (Å²) >= 11 is 1.36. The average Bonchev–Trinajstić information content (AvgIpc) is 3.47. The van der Waals surface area contributed by atoms with Crippen LogP contribution in [0.4, 0.5) is 4.39 Å². The fraction of sp³-hybridized carbons (Fsp3) is 0.375. The Hall–Kier alpha value is -2.71. The van der Waals surface area contributed by atoms with Gasteiger partial charge in [0.1, 0.15) is 5.82 Å². The van der Waals surface area contributed by atoms with Gasteiger partial charge in [0.25, 0.3) is 0 Å². The highest BCUT2D eigenvalue weighted by Crippen LogP contribution is 2.26. The first kappa shape index (κ1) is 22.5. The Labute approximate surface area is 191 Å². The summed E-state index contributed by atoms with van der Waals surface area (Å²) in [7, 11) is 0. The SMILES string of the molecule is O=C(CSc1nnc(-c2ccc(F)cc2)n1CC1CCCO1)NCCCc1ccccc1. The van der Waals surface area contributed by atoms with Crippen molar-refractivity contribution >= 4 is 17.7 Å². The van der Waals surface area contributed by atoms with Gasteiger partial charge in [-0.15, -0.1) is 10.2 Å². The molecule has 0 saturated carbocycles. The molecule has 1 aliphatic rings. The zero-order valence-electron chi connectivity index (χ0n) is 17.9. The number of carbonyl (C=O) groups excluding carboxylic acids is 1. The maximum absolute atomic E-state index is 13.4. The van der Waals surface area contributed by atoms with E-state index < -0.39 is 0 Å². The minimum atomic E-state index is -0.294. The van der Waals surface area contributed by atoms with Crippen LogP contribution in [0.25, 0.3) is 11.4 Å². The highest BCUT2D eigenvalue weighted by atomic mass is 32.2. The highest BCUT2D eigenvalue weighted by molar-refractivity contribution is 7.99. The molecule has 1 N–H and O–H groups in total. The lowest BCUT2D eigenvalue weighted by molar-refractivity contribution is -0.118. The number of halogens is 1. The quantitative estimate of drug-likeness (QED) is 0.369. The predicted molar refractivity (Wildman–Crippen MR) is 123 cm³/mol. The fourth-order valence-corrected chi connectivity index (χ4v) is 4.49. The van der Waals surface area contributed by atoms with E-state index in [1.54, 1.807) is 12.1 Å². The monoisotopic (exact) mass is 454 g/mol. The molecule has 0 aliphatic carbocycles. The molecule has 8 heteroatoms. The smallest absolute Gasteiger partial charge is 0.230 e. The lowest BCUT2D eigenvalue weighted by Crippen LogP contribution is -2.26. The molecule has 1 fully saturated rings. The minimum Gasteiger partial charge on any atom is -0.376 e. The van der Waals surface area contributed by atoms with Crippen molar-refractivity contribution in [1.82, 2.24) is 20.1 Å². The zero-order valence-corrected chi connectivity index (χ0v) is 18.7. The molecule has 0 spiro atoms. The van der Waals surface area contributed by atoms with E-state index in [0.717, 1.165) is 37.9 Å². The van der Waals surface area contributed by atoms with Gasteiger partial charge in [0.2, 0.25) is 5.91 Å². The van der Waals surface area contributed by atoms with Gasteiger partial charge in [-0.25, -0.2) is 4.39 Å². The van der Waals surface area contributed by atoms with E-state index >= 15 is 0 Å². The molecule has 168 valence electrons. The highest BCUT2D eigenvalue weighted by Gasteiger charge is 2.22. The van der Waals surface area contributed by atoms with Crippen LogP contribution < -0.4 is 5.32 Å². The van der Waals surface area contributed by atoms with Crippen LogP contribution in [-0.4, -0.2) is 45.7 Å². The molecule has 2 heterocycles. The number of ether oxygens (including phenoxy) is 1. The number of thioether (sulfide) groups is 1. The van der Waals surface area contributed by atoms with Crippen molar-refractivity contribution in [2.75, 3.05) is 18.9 Å². The van der Waals surface area contributed by atoms with Crippen LogP contribution in [0.2, 0.25) is 0 Å². The molecule has 1 aliphatic heterocycles. The van der Waals surface area contributed by atoms with Crippen LogP contribution in [0.1, 0.15) is 24.8 Å².